The third kappa shape index (κ3) is 4.95. The summed E-state index contributed by atoms with van der Waals surface area (Å²) in [6.07, 6.45) is 1.86. The highest BCUT2D eigenvalue weighted by molar-refractivity contribution is 6.04. The number of hydrogen-bond acceptors (Lipinski definition) is 6. The summed E-state index contributed by atoms with van der Waals surface area (Å²) >= 11 is 0. The van der Waals surface area contributed by atoms with Crippen molar-refractivity contribution < 1.29 is 24.0 Å². The van der Waals surface area contributed by atoms with E-state index in [0.29, 0.717) is 11.1 Å². The van der Waals surface area contributed by atoms with Gasteiger partial charge < -0.3 is 15.4 Å². The van der Waals surface area contributed by atoms with Crippen molar-refractivity contribution >= 4 is 29.2 Å². The number of carbonyl (C=O) groups excluding carboxylic acids is 3. The number of hydrogen-bond donors (Lipinski definition) is 2. The first-order valence-corrected chi connectivity index (χ1v) is 8.97. The first-order chi connectivity index (χ1) is 13.9. The normalized spacial score (nSPS) is 12.7. The van der Waals surface area contributed by atoms with Crippen molar-refractivity contribution in [1.29, 1.82) is 0 Å². The molecule has 1 aliphatic carbocycles. The second-order valence-electron chi connectivity index (χ2n) is 6.65. The lowest BCUT2D eigenvalue weighted by atomic mass is 10.1. The third-order valence-corrected chi connectivity index (χ3v) is 4.33. The second kappa shape index (κ2) is 8.51. The van der Waals surface area contributed by atoms with E-state index in [1.807, 2.05) is 0 Å². The monoisotopic (exact) mass is 397 g/mol. The molecular weight excluding hydrogens is 378 g/mol. The maximum Gasteiger partial charge on any atom is 0.345 e. The molecule has 0 unspecified atom stereocenters. The first kappa shape index (κ1) is 20.0. The standard InChI is InChI=1S/C20H19N3O6/c1-12-5-4-7-15(18(12)23(27)28)20(26)29-11-17(24)22-16-8-3-2-6-14(16)19(25)21-13-9-10-13/h2-8,13H,9-11H2,1H3,(H,21,25)(H,22,24). The quantitative estimate of drug-likeness (QED) is 0.420. The summed E-state index contributed by atoms with van der Waals surface area (Å²) in [5.41, 5.74) is 0.304. The average Bonchev–Trinajstić information content (AvgIpc) is 3.50. The summed E-state index contributed by atoms with van der Waals surface area (Å²) in [7, 11) is 0. The zero-order chi connectivity index (χ0) is 21.0. The van der Waals surface area contributed by atoms with Crippen LogP contribution in [0.1, 0.15) is 39.1 Å². The number of nitro benzene ring substituents is 1. The fraction of sp³-hybridized carbons (Fsp3) is 0.250. The van der Waals surface area contributed by atoms with Crippen LogP contribution >= 0.6 is 0 Å². The fourth-order valence-electron chi connectivity index (χ4n) is 2.74. The van der Waals surface area contributed by atoms with Crippen LogP contribution in [0.5, 0.6) is 0 Å². The minimum atomic E-state index is -0.977. The van der Waals surface area contributed by atoms with Crippen molar-refractivity contribution in [1.82, 2.24) is 5.32 Å². The van der Waals surface area contributed by atoms with Gasteiger partial charge >= 0.3 is 5.97 Å². The van der Waals surface area contributed by atoms with Gasteiger partial charge in [-0.1, -0.05) is 24.3 Å². The van der Waals surface area contributed by atoms with Crippen LogP contribution in [0, 0.1) is 17.0 Å². The number of esters is 1. The SMILES string of the molecule is Cc1cccc(C(=O)OCC(=O)Nc2ccccc2C(=O)NC2CC2)c1[N+](=O)[O-]. The minimum Gasteiger partial charge on any atom is -0.452 e. The van der Waals surface area contributed by atoms with E-state index in [1.54, 1.807) is 24.3 Å². The predicted octanol–water partition coefficient (Wildman–Crippen LogP) is 2.59. The van der Waals surface area contributed by atoms with E-state index in [-0.39, 0.29) is 28.9 Å². The van der Waals surface area contributed by atoms with E-state index in [4.69, 9.17) is 4.74 Å². The molecule has 0 saturated heterocycles. The van der Waals surface area contributed by atoms with Crippen LogP contribution in [0.4, 0.5) is 11.4 Å². The Morgan fingerprint density at radius 3 is 2.48 bits per heavy atom. The molecule has 1 saturated carbocycles. The van der Waals surface area contributed by atoms with Gasteiger partial charge in [-0.05, 0) is 38.0 Å². The van der Waals surface area contributed by atoms with Crippen molar-refractivity contribution in [3.8, 4) is 0 Å². The van der Waals surface area contributed by atoms with Crippen LogP contribution in [-0.4, -0.2) is 35.4 Å². The van der Waals surface area contributed by atoms with Crippen LogP contribution < -0.4 is 10.6 Å². The maximum absolute atomic E-state index is 12.3. The number of anilines is 1. The lowest BCUT2D eigenvalue weighted by molar-refractivity contribution is -0.385. The van der Waals surface area contributed by atoms with E-state index < -0.39 is 23.4 Å². The number of nitrogens with one attached hydrogen (secondary N) is 2. The van der Waals surface area contributed by atoms with Gasteiger partial charge in [-0.2, -0.15) is 0 Å². The van der Waals surface area contributed by atoms with Gasteiger partial charge in [-0.3, -0.25) is 19.7 Å². The Kier molecular flexibility index (Phi) is 5.87. The molecule has 2 aromatic rings. The van der Waals surface area contributed by atoms with E-state index >= 15 is 0 Å². The molecule has 0 radical (unpaired) electrons. The number of nitro groups is 1. The number of para-hydroxylation sites is 2. The van der Waals surface area contributed by atoms with Gasteiger partial charge in [-0.15, -0.1) is 0 Å². The van der Waals surface area contributed by atoms with Crippen LogP contribution in [0.15, 0.2) is 42.5 Å². The Morgan fingerprint density at radius 2 is 1.79 bits per heavy atom. The van der Waals surface area contributed by atoms with Gasteiger partial charge in [0.1, 0.15) is 5.56 Å². The molecule has 0 spiro atoms. The molecule has 1 fully saturated rings. The molecule has 9 nitrogen and oxygen atoms in total. The number of amides is 2. The van der Waals surface area contributed by atoms with Gasteiger partial charge in [-0.25, -0.2) is 4.79 Å². The molecule has 2 amide bonds. The molecule has 0 aliphatic heterocycles. The third-order valence-electron chi connectivity index (χ3n) is 4.33. The molecule has 150 valence electrons. The van der Waals surface area contributed by atoms with Crippen molar-refractivity contribution in [3.05, 3.63) is 69.3 Å². The van der Waals surface area contributed by atoms with Gasteiger partial charge in [0.05, 0.1) is 16.2 Å². The topological polar surface area (TPSA) is 128 Å². The summed E-state index contributed by atoms with van der Waals surface area (Å²) in [6.45, 7) is 0.855. The number of aryl methyl sites for hydroxylation is 1. The maximum atomic E-state index is 12.3. The number of benzene rings is 2. The number of carbonyl (C=O) groups is 3. The Morgan fingerprint density at radius 1 is 1.10 bits per heavy atom. The first-order valence-electron chi connectivity index (χ1n) is 8.97. The molecule has 1 aliphatic rings. The molecule has 29 heavy (non-hydrogen) atoms. The Hall–Kier alpha value is -3.75. The minimum absolute atomic E-state index is 0.164. The second-order valence-corrected chi connectivity index (χ2v) is 6.65. The fourth-order valence-corrected chi connectivity index (χ4v) is 2.74. The van der Waals surface area contributed by atoms with Crippen molar-refractivity contribution in [2.75, 3.05) is 11.9 Å². The summed E-state index contributed by atoms with van der Waals surface area (Å²) in [6, 6.07) is 10.9. The highest BCUT2D eigenvalue weighted by Gasteiger charge is 2.26. The van der Waals surface area contributed by atoms with Gasteiger partial charge in [0.15, 0.2) is 6.61 Å². The zero-order valence-corrected chi connectivity index (χ0v) is 15.6. The summed E-state index contributed by atoms with van der Waals surface area (Å²) in [4.78, 5) is 47.2. The van der Waals surface area contributed by atoms with Crippen LogP contribution in [-0.2, 0) is 9.53 Å². The Balaban J connectivity index is 1.64. The van der Waals surface area contributed by atoms with Crippen molar-refractivity contribution in [2.24, 2.45) is 0 Å². The van der Waals surface area contributed by atoms with Crippen molar-refractivity contribution in [2.45, 2.75) is 25.8 Å². The van der Waals surface area contributed by atoms with Crippen LogP contribution in [0.3, 0.4) is 0 Å². The molecule has 0 bridgehead atoms. The predicted molar refractivity (Wildman–Crippen MR) is 104 cm³/mol. The highest BCUT2D eigenvalue weighted by Crippen LogP contribution is 2.24. The largest absolute Gasteiger partial charge is 0.452 e. The molecule has 2 aromatic carbocycles. The van der Waals surface area contributed by atoms with Gasteiger partial charge in [0.2, 0.25) is 0 Å². The van der Waals surface area contributed by atoms with Gasteiger partial charge in [0.25, 0.3) is 17.5 Å². The van der Waals surface area contributed by atoms with Crippen LogP contribution in [0.2, 0.25) is 0 Å². The lowest BCUT2D eigenvalue weighted by Crippen LogP contribution is -2.28. The molecule has 0 heterocycles. The Labute approximate surface area is 166 Å². The number of ether oxygens (including phenoxy) is 1. The molecule has 0 atom stereocenters. The number of nitrogens with zero attached hydrogens (tertiary/aromatic N) is 1. The summed E-state index contributed by atoms with van der Waals surface area (Å²) in [5, 5.41) is 16.6. The number of rotatable bonds is 7. The molecule has 9 heteroatoms. The lowest BCUT2D eigenvalue weighted by Gasteiger charge is -2.11. The van der Waals surface area contributed by atoms with Gasteiger partial charge in [0, 0.05) is 11.6 Å². The average molecular weight is 397 g/mol. The molecule has 2 N–H and O–H groups in total. The smallest absolute Gasteiger partial charge is 0.345 e. The van der Waals surface area contributed by atoms with Crippen molar-refractivity contribution in [3.63, 3.8) is 0 Å². The summed E-state index contributed by atoms with van der Waals surface area (Å²) in [5.74, 6) is -1.94. The van der Waals surface area contributed by atoms with E-state index in [9.17, 15) is 24.5 Å². The Bertz CT molecular complexity index is 984. The molecular formula is C20H19N3O6. The summed E-state index contributed by atoms with van der Waals surface area (Å²) < 4.78 is 4.93. The van der Waals surface area contributed by atoms with Crippen LogP contribution in [0.25, 0.3) is 0 Å². The highest BCUT2D eigenvalue weighted by atomic mass is 16.6. The van der Waals surface area contributed by atoms with E-state index in [1.165, 1.54) is 25.1 Å². The zero-order valence-electron chi connectivity index (χ0n) is 15.6. The van der Waals surface area contributed by atoms with E-state index in [2.05, 4.69) is 10.6 Å². The molecule has 3 rings (SSSR count). The van der Waals surface area contributed by atoms with E-state index in [0.717, 1.165) is 12.8 Å². The molecule has 0 aromatic heterocycles.